The monoisotopic (exact) mass is 457 g/mol. The maximum absolute atomic E-state index is 12.7. The van der Waals surface area contributed by atoms with E-state index in [1.165, 1.54) is 20.2 Å². The van der Waals surface area contributed by atoms with E-state index in [1.807, 2.05) is 54.6 Å². The van der Waals surface area contributed by atoms with E-state index in [2.05, 4.69) is 52.3 Å². The number of carbonyl (C=O) groups is 1. The van der Waals surface area contributed by atoms with E-state index >= 15 is 0 Å². The predicted octanol–water partition coefficient (Wildman–Crippen LogP) is 2.63. The molecule has 0 saturated heterocycles. The quantitative estimate of drug-likeness (QED) is 0.334. The Morgan fingerprint density at radius 3 is 1.36 bits per heavy atom. The van der Waals surface area contributed by atoms with Crippen LogP contribution in [-0.2, 0) is 9.53 Å². The summed E-state index contributed by atoms with van der Waals surface area (Å²) in [5, 5.41) is 0. The number of hydrogen-bond donors (Lipinski definition) is 0. The molecule has 0 spiro atoms. The molecule has 25 heavy (non-hydrogen) atoms. The van der Waals surface area contributed by atoms with E-state index in [4.69, 9.17) is 4.74 Å². The Hall–Kier alpha value is -1.83. The van der Waals surface area contributed by atoms with Gasteiger partial charge in [0.1, 0.15) is 0 Å². The molecule has 126 valence electrons. The number of halogens is 1. The molecule has 4 heteroatoms. The van der Waals surface area contributed by atoms with Gasteiger partial charge in [-0.1, -0.05) is 0 Å². The van der Waals surface area contributed by atoms with Gasteiger partial charge in [-0.3, -0.25) is 0 Å². The molecule has 0 saturated carbocycles. The fraction of sp³-hybridized carbons (Fsp3) is 0.0952. The van der Waals surface area contributed by atoms with E-state index in [0.29, 0.717) is 0 Å². The van der Waals surface area contributed by atoms with Crippen molar-refractivity contribution in [2.75, 3.05) is 7.11 Å². The molecule has 3 aromatic rings. The molecule has 3 rings (SSSR count). The van der Waals surface area contributed by atoms with Gasteiger partial charge >= 0.3 is 160 Å². The third kappa shape index (κ3) is 3.31. The first kappa shape index (κ1) is 18.0. The van der Waals surface area contributed by atoms with Crippen LogP contribution in [0.15, 0.2) is 91.0 Å². The zero-order valence-electron chi connectivity index (χ0n) is 13.9. The van der Waals surface area contributed by atoms with Gasteiger partial charge in [0.05, 0.1) is 0 Å². The molecule has 1 unspecified atom stereocenters. The standard InChI is InChI=1S/C21H19AsBrO2/c1-25-21(24)20(23)22(17-11-5-2-6-12-17,18-13-7-3-8-14-18)19-15-9-4-10-16-19/h2-16,20H,1H3/q+1. The Bertz CT molecular complexity index is 726. The first-order valence-electron chi connectivity index (χ1n) is 7.98. The molecule has 0 radical (unpaired) electrons. The second-order valence-corrected chi connectivity index (χ2v) is 15.4. The fourth-order valence-corrected chi connectivity index (χ4v) is 15.4. The summed E-state index contributed by atoms with van der Waals surface area (Å²) in [6.45, 7) is 0. The average Bonchev–Trinajstić information content (AvgIpc) is 2.70. The number of alkyl halides is 1. The molecule has 0 heterocycles. The Morgan fingerprint density at radius 1 is 0.760 bits per heavy atom. The van der Waals surface area contributed by atoms with Crippen LogP contribution in [-0.4, -0.2) is 30.2 Å². The molecule has 3 aromatic carbocycles. The summed E-state index contributed by atoms with van der Waals surface area (Å²) < 4.78 is 8.34. The fourth-order valence-electron chi connectivity index (χ4n) is 3.08. The molecule has 0 aromatic heterocycles. The van der Waals surface area contributed by atoms with Gasteiger partial charge < -0.3 is 0 Å². The molecular formula is C21H19AsBrO2+. The van der Waals surface area contributed by atoms with E-state index in [-0.39, 0.29) is 5.97 Å². The van der Waals surface area contributed by atoms with E-state index in [0.717, 1.165) is 0 Å². The summed E-state index contributed by atoms with van der Waals surface area (Å²) in [5.74, 6) is -0.232. The summed E-state index contributed by atoms with van der Waals surface area (Å²) >= 11 is 0.602. The number of ether oxygens (including phenoxy) is 1. The van der Waals surface area contributed by atoms with Crippen LogP contribution in [0.3, 0.4) is 0 Å². The van der Waals surface area contributed by atoms with E-state index in [1.54, 1.807) is 0 Å². The molecule has 2 nitrogen and oxygen atoms in total. The predicted molar refractivity (Wildman–Crippen MR) is 109 cm³/mol. The summed E-state index contributed by atoms with van der Waals surface area (Å²) in [6.07, 6.45) is 0. The molecular weight excluding hydrogens is 439 g/mol. The van der Waals surface area contributed by atoms with Crippen LogP contribution in [0, 0.1) is 0 Å². The van der Waals surface area contributed by atoms with Gasteiger partial charge in [0, 0.05) is 0 Å². The summed E-state index contributed by atoms with van der Waals surface area (Å²) in [7, 11) is 1.45. The minimum absolute atomic E-state index is 0.232. The number of carbonyl (C=O) groups excluding carboxylic acids is 1. The van der Waals surface area contributed by atoms with Crippen molar-refractivity contribution in [3.63, 3.8) is 0 Å². The van der Waals surface area contributed by atoms with Gasteiger partial charge in [-0.25, -0.2) is 0 Å². The molecule has 0 fully saturated rings. The van der Waals surface area contributed by atoms with Crippen LogP contribution >= 0.6 is 15.9 Å². The summed E-state index contributed by atoms with van der Waals surface area (Å²) in [6, 6.07) is 31.0. The number of methoxy groups -OCH3 is 1. The van der Waals surface area contributed by atoms with Gasteiger partial charge in [0.25, 0.3) is 0 Å². The molecule has 0 aliphatic rings. The van der Waals surface area contributed by atoms with Crippen molar-refractivity contribution in [2.24, 2.45) is 0 Å². The number of hydrogen-bond acceptors (Lipinski definition) is 2. The first-order valence-corrected chi connectivity index (χ1v) is 12.8. The van der Waals surface area contributed by atoms with Crippen LogP contribution in [0.2, 0.25) is 0 Å². The molecule has 0 amide bonds. The third-order valence-corrected chi connectivity index (χ3v) is 16.7. The molecule has 0 N–H and O–H groups in total. The van der Waals surface area contributed by atoms with Gasteiger partial charge in [0.15, 0.2) is 0 Å². The first-order chi connectivity index (χ1) is 12.2. The molecule has 0 aliphatic carbocycles. The van der Waals surface area contributed by atoms with Crippen LogP contribution in [0.4, 0.5) is 0 Å². The van der Waals surface area contributed by atoms with Crippen molar-refractivity contribution in [1.82, 2.24) is 0 Å². The second kappa shape index (κ2) is 8.03. The topological polar surface area (TPSA) is 26.3 Å². The van der Waals surface area contributed by atoms with Crippen molar-refractivity contribution in [3.8, 4) is 0 Å². The van der Waals surface area contributed by atoms with Gasteiger partial charge in [-0.2, -0.15) is 0 Å². The van der Waals surface area contributed by atoms with Crippen LogP contribution in [0.25, 0.3) is 0 Å². The van der Waals surface area contributed by atoms with Crippen LogP contribution in [0.5, 0.6) is 0 Å². The van der Waals surface area contributed by atoms with Crippen LogP contribution < -0.4 is 13.1 Å². The van der Waals surface area contributed by atoms with Crippen molar-refractivity contribution in [2.45, 2.75) is 3.61 Å². The van der Waals surface area contributed by atoms with Crippen molar-refractivity contribution >= 4 is 48.5 Å². The minimum atomic E-state index is -3.14. The SMILES string of the molecule is COC(=O)C(Br)[As+](c1ccccc1)(c1ccccc1)c1ccccc1. The number of benzene rings is 3. The zero-order chi connectivity index (χ0) is 17.7. The number of esters is 1. The molecule has 0 bridgehead atoms. The average molecular weight is 458 g/mol. The number of rotatable bonds is 5. The van der Waals surface area contributed by atoms with Crippen molar-refractivity contribution in [1.29, 1.82) is 0 Å². The van der Waals surface area contributed by atoms with Gasteiger partial charge in [-0.15, -0.1) is 0 Å². The summed E-state index contributed by atoms with van der Waals surface area (Å²) in [4.78, 5) is 12.7. The second-order valence-electron chi connectivity index (χ2n) is 5.59. The van der Waals surface area contributed by atoms with Gasteiger partial charge in [0.2, 0.25) is 0 Å². The molecule has 0 aliphatic heterocycles. The normalized spacial score (nSPS) is 12.4. The van der Waals surface area contributed by atoms with Crippen molar-refractivity contribution in [3.05, 3.63) is 91.0 Å². The van der Waals surface area contributed by atoms with E-state index in [9.17, 15) is 4.79 Å². The van der Waals surface area contributed by atoms with Crippen LogP contribution in [0.1, 0.15) is 0 Å². The van der Waals surface area contributed by atoms with Crippen molar-refractivity contribution < 1.29 is 9.53 Å². The zero-order valence-corrected chi connectivity index (χ0v) is 17.3. The Morgan fingerprint density at radius 2 is 1.08 bits per heavy atom. The maximum atomic E-state index is 12.7. The Balaban J connectivity index is 2.38. The van der Waals surface area contributed by atoms with E-state index < -0.39 is 17.2 Å². The Labute approximate surface area is 159 Å². The summed E-state index contributed by atoms with van der Waals surface area (Å²) in [5.41, 5.74) is 0. The third-order valence-electron chi connectivity index (χ3n) is 4.23. The molecule has 1 atom stereocenters. The Kier molecular flexibility index (Phi) is 5.77. The van der Waals surface area contributed by atoms with Gasteiger partial charge in [-0.05, 0) is 0 Å².